The molecular weight excluding hydrogens is 180 g/mol. The van der Waals surface area contributed by atoms with Gasteiger partial charge in [0, 0.05) is 13.2 Å². The van der Waals surface area contributed by atoms with E-state index < -0.39 is 6.10 Å². The molecule has 0 unspecified atom stereocenters. The molecule has 0 aliphatic carbocycles. The van der Waals surface area contributed by atoms with E-state index in [1.54, 1.807) is 0 Å². The number of ether oxygens (including phenoxy) is 2. The van der Waals surface area contributed by atoms with Gasteiger partial charge in [-0.25, -0.2) is 0 Å². The number of aliphatic hydroxyl groups is 1. The molecule has 0 fully saturated rings. The van der Waals surface area contributed by atoms with Crippen LogP contribution in [0.1, 0.15) is 27.7 Å². The van der Waals surface area contributed by atoms with Gasteiger partial charge in [-0.2, -0.15) is 0 Å². The van der Waals surface area contributed by atoms with Gasteiger partial charge in [0.25, 0.3) is 0 Å². The van der Waals surface area contributed by atoms with Crippen molar-refractivity contribution in [3.05, 3.63) is 0 Å². The first-order valence-corrected chi connectivity index (χ1v) is 5.36. The van der Waals surface area contributed by atoms with Gasteiger partial charge in [0.1, 0.15) is 6.10 Å². The van der Waals surface area contributed by atoms with Gasteiger partial charge in [-0.05, 0) is 11.8 Å². The van der Waals surface area contributed by atoms with Crippen molar-refractivity contribution in [3.63, 3.8) is 0 Å². The maximum Gasteiger partial charge on any atom is 0.101 e. The average molecular weight is 204 g/mol. The largest absolute Gasteiger partial charge is 0.388 e. The zero-order valence-corrected chi connectivity index (χ0v) is 9.82. The zero-order valence-electron chi connectivity index (χ0n) is 9.82. The molecule has 0 saturated carbocycles. The third kappa shape index (κ3) is 9.96. The quantitative estimate of drug-likeness (QED) is 0.654. The Bertz CT molecular complexity index is 110. The molecule has 0 rings (SSSR count). The third-order valence-electron chi connectivity index (χ3n) is 1.52. The minimum absolute atomic E-state index is 0.371. The summed E-state index contributed by atoms with van der Waals surface area (Å²) in [6, 6.07) is 0. The van der Waals surface area contributed by atoms with Crippen LogP contribution in [-0.2, 0) is 9.47 Å². The first-order chi connectivity index (χ1) is 6.52. The van der Waals surface area contributed by atoms with E-state index in [0.717, 1.165) is 0 Å². The van der Waals surface area contributed by atoms with Crippen molar-refractivity contribution in [1.29, 1.82) is 0 Å². The second kappa shape index (κ2) is 8.21. The SMILES string of the molecule is CC(C)COCC(O)COCC(C)C. The van der Waals surface area contributed by atoms with Crippen molar-refractivity contribution in [2.45, 2.75) is 33.8 Å². The van der Waals surface area contributed by atoms with E-state index in [9.17, 15) is 5.11 Å². The van der Waals surface area contributed by atoms with Crippen molar-refractivity contribution in [3.8, 4) is 0 Å². The number of hydrogen-bond donors (Lipinski definition) is 1. The fraction of sp³-hybridized carbons (Fsp3) is 1.00. The summed E-state index contributed by atoms with van der Waals surface area (Å²) in [6.07, 6.45) is -0.493. The molecule has 0 aliphatic rings. The Morgan fingerprint density at radius 3 is 1.43 bits per heavy atom. The van der Waals surface area contributed by atoms with Crippen LogP contribution in [0.3, 0.4) is 0 Å². The lowest BCUT2D eigenvalue weighted by atomic mass is 10.2. The van der Waals surface area contributed by atoms with E-state index >= 15 is 0 Å². The van der Waals surface area contributed by atoms with Gasteiger partial charge >= 0.3 is 0 Å². The van der Waals surface area contributed by atoms with Gasteiger partial charge in [0.2, 0.25) is 0 Å². The van der Waals surface area contributed by atoms with Crippen molar-refractivity contribution in [1.82, 2.24) is 0 Å². The van der Waals surface area contributed by atoms with Crippen LogP contribution in [0.2, 0.25) is 0 Å². The predicted octanol–water partition coefficient (Wildman–Crippen LogP) is 1.69. The summed E-state index contributed by atoms with van der Waals surface area (Å²) in [5.41, 5.74) is 0. The van der Waals surface area contributed by atoms with E-state index in [1.165, 1.54) is 0 Å². The number of aliphatic hydroxyl groups excluding tert-OH is 1. The van der Waals surface area contributed by atoms with E-state index in [0.29, 0.717) is 38.3 Å². The summed E-state index contributed by atoms with van der Waals surface area (Å²) in [7, 11) is 0. The molecule has 0 amide bonds. The van der Waals surface area contributed by atoms with E-state index in [1.807, 2.05) is 0 Å². The average Bonchev–Trinajstić information content (AvgIpc) is 2.02. The minimum atomic E-state index is -0.493. The van der Waals surface area contributed by atoms with Crippen LogP contribution in [0, 0.1) is 11.8 Å². The lowest BCUT2D eigenvalue weighted by Crippen LogP contribution is -2.23. The van der Waals surface area contributed by atoms with Crippen LogP contribution in [0.5, 0.6) is 0 Å². The summed E-state index contributed by atoms with van der Waals surface area (Å²) in [5.74, 6) is 1.03. The first-order valence-electron chi connectivity index (χ1n) is 5.36. The third-order valence-corrected chi connectivity index (χ3v) is 1.52. The van der Waals surface area contributed by atoms with Crippen LogP contribution in [0.25, 0.3) is 0 Å². The van der Waals surface area contributed by atoms with E-state index in [2.05, 4.69) is 27.7 Å². The summed E-state index contributed by atoms with van der Waals surface area (Å²) < 4.78 is 10.6. The maximum atomic E-state index is 9.42. The second-order valence-electron chi connectivity index (χ2n) is 4.52. The topological polar surface area (TPSA) is 38.7 Å². The molecule has 0 heterocycles. The Balaban J connectivity index is 3.23. The molecule has 3 nitrogen and oxygen atoms in total. The maximum absolute atomic E-state index is 9.42. The Hall–Kier alpha value is -0.120. The zero-order chi connectivity index (χ0) is 11.0. The number of rotatable bonds is 8. The van der Waals surface area contributed by atoms with Gasteiger partial charge in [0.05, 0.1) is 13.2 Å². The Morgan fingerprint density at radius 1 is 0.786 bits per heavy atom. The van der Waals surface area contributed by atoms with Crippen molar-refractivity contribution >= 4 is 0 Å². The molecule has 3 heteroatoms. The monoisotopic (exact) mass is 204 g/mol. The van der Waals surface area contributed by atoms with Crippen LogP contribution >= 0.6 is 0 Å². The van der Waals surface area contributed by atoms with Crippen molar-refractivity contribution < 1.29 is 14.6 Å². The van der Waals surface area contributed by atoms with Crippen LogP contribution in [0.15, 0.2) is 0 Å². The van der Waals surface area contributed by atoms with Crippen LogP contribution in [-0.4, -0.2) is 37.6 Å². The second-order valence-corrected chi connectivity index (χ2v) is 4.52. The van der Waals surface area contributed by atoms with Gasteiger partial charge in [-0.15, -0.1) is 0 Å². The van der Waals surface area contributed by atoms with Crippen LogP contribution < -0.4 is 0 Å². The Kier molecular flexibility index (Phi) is 8.14. The van der Waals surface area contributed by atoms with Crippen LogP contribution in [0.4, 0.5) is 0 Å². The molecule has 14 heavy (non-hydrogen) atoms. The normalized spacial score (nSPS) is 12.0. The summed E-state index contributed by atoms with van der Waals surface area (Å²) >= 11 is 0. The molecule has 0 aromatic rings. The van der Waals surface area contributed by atoms with Gasteiger partial charge in [0.15, 0.2) is 0 Å². The fourth-order valence-corrected chi connectivity index (χ4v) is 0.928. The molecular formula is C11H24O3. The smallest absolute Gasteiger partial charge is 0.101 e. The lowest BCUT2D eigenvalue weighted by Gasteiger charge is -2.13. The highest BCUT2D eigenvalue weighted by molar-refractivity contribution is 4.52. The highest BCUT2D eigenvalue weighted by Crippen LogP contribution is 1.97. The van der Waals surface area contributed by atoms with E-state index in [4.69, 9.17) is 9.47 Å². The first kappa shape index (κ1) is 13.9. The van der Waals surface area contributed by atoms with Gasteiger partial charge in [-0.3, -0.25) is 0 Å². The van der Waals surface area contributed by atoms with Gasteiger partial charge < -0.3 is 14.6 Å². The molecule has 0 aromatic heterocycles. The summed E-state index contributed by atoms with van der Waals surface area (Å²) in [6.45, 7) is 10.5. The predicted molar refractivity (Wildman–Crippen MR) is 57.3 cm³/mol. The molecule has 0 spiro atoms. The number of hydrogen-bond acceptors (Lipinski definition) is 3. The highest BCUT2D eigenvalue weighted by atomic mass is 16.5. The lowest BCUT2D eigenvalue weighted by molar-refractivity contribution is -0.0286. The summed E-state index contributed by atoms with van der Waals surface area (Å²) in [4.78, 5) is 0. The van der Waals surface area contributed by atoms with E-state index in [-0.39, 0.29) is 0 Å². The molecule has 0 radical (unpaired) electrons. The molecule has 0 atom stereocenters. The highest BCUT2D eigenvalue weighted by Gasteiger charge is 2.05. The van der Waals surface area contributed by atoms with Gasteiger partial charge in [-0.1, -0.05) is 27.7 Å². The standard InChI is InChI=1S/C11H24O3/c1-9(2)5-13-7-11(12)8-14-6-10(3)4/h9-12H,5-8H2,1-4H3. The van der Waals surface area contributed by atoms with Crippen molar-refractivity contribution in [2.75, 3.05) is 26.4 Å². The molecule has 0 bridgehead atoms. The fourth-order valence-electron chi connectivity index (χ4n) is 0.928. The molecule has 1 N–H and O–H groups in total. The molecule has 0 aliphatic heterocycles. The molecule has 0 aromatic carbocycles. The van der Waals surface area contributed by atoms with Crippen molar-refractivity contribution in [2.24, 2.45) is 11.8 Å². The molecule has 86 valence electrons. The Morgan fingerprint density at radius 2 is 1.14 bits per heavy atom. The molecule has 0 saturated heterocycles. The minimum Gasteiger partial charge on any atom is -0.388 e. The summed E-state index contributed by atoms with van der Waals surface area (Å²) in [5, 5.41) is 9.42. The Labute approximate surface area is 87.4 Å².